The summed E-state index contributed by atoms with van der Waals surface area (Å²) in [6.07, 6.45) is 13.0. The van der Waals surface area contributed by atoms with Gasteiger partial charge in [0.2, 0.25) is 5.91 Å². The lowest BCUT2D eigenvalue weighted by atomic mass is 9.75. The van der Waals surface area contributed by atoms with E-state index in [1.165, 1.54) is 51.4 Å². The summed E-state index contributed by atoms with van der Waals surface area (Å²) in [6, 6.07) is 0. The van der Waals surface area contributed by atoms with Crippen molar-refractivity contribution in [1.82, 2.24) is 0 Å². The summed E-state index contributed by atoms with van der Waals surface area (Å²) >= 11 is 0. The molecular formula is C14H27NO. The number of carbonyl (C=O) groups excluding carboxylic acids is 1. The van der Waals surface area contributed by atoms with Gasteiger partial charge >= 0.3 is 0 Å². The van der Waals surface area contributed by atoms with Crippen molar-refractivity contribution in [2.45, 2.75) is 77.6 Å². The molecule has 0 radical (unpaired) electrons. The Labute approximate surface area is 100.0 Å². The van der Waals surface area contributed by atoms with E-state index in [1.807, 2.05) is 0 Å². The van der Waals surface area contributed by atoms with Crippen molar-refractivity contribution in [3.63, 3.8) is 0 Å². The SMILES string of the molecule is CCCCCCC1(C(N)=O)CCCCCC1. The number of hydrogen-bond donors (Lipinski definition) is 1. The third kappa shape index (κ3) is 3.80. The maximum Gasteiger partial charge on any atom is 0.223 e. The molecule has 1 aliphatic carbocycles. The van der Waals surface area contributed by atoms with Crippen molar-refractivity contribution in [2.75, 3.05) is 0 Å². The summed E-state index contributed by atoms with van der Waals surface area (Å²) in [5.74, 6) is -0.0362. The summed E-state index contributed by atoms with van der Waals surface area (Å²) in [6.45, 7) is 2.22. The molecule has 0 saturated heterocycles. The van der Waals surface area contributed by atoms with Crippen molar-refractivity contribution in [3.05, 3.63) is 0 Å². The topological polar surface area (TPSA) is 43.1 Å². The molecule has 0 aromatic rings. The highest BCUT2D eigenvalue weighted by atomic mass is 16.1. The zero-order valence-electron chi connectivity index (χ0n) is 10.8. The number of hydrogen-bond acceptors (Lipinski definition) is 1. The highest BCUT2D eigenvalue weighted by Gasteiger charge is 2.35. The average molecular weight is 225 g/mol. The van der Waals surface area contributed by atoms with Crippen LogP contribution in [0.5, 0.6) is 0 Å². The number of carbonyl (C=O) groups is 1. The van der Waals surface area contributed by atoms with E-state index in [2.05, 4.69) is 6.92 Å². The minimum atomic E-state index is -0.149. The first-order valence-electron chi connectivity index (χ1n) is 7.01. The van der Waals surface area contributed by atoms with Crippen LogP contribution in [0, 0.1) is 5.41 Å². The van der Waals surface area contributed by atoms with Gasteiger partial charge in [-0.1, -0.05) is 58.3 Å². The Bertz CT molecular complexity index is 205. The Morgan fingerprint density at radius 2 is 1.69 bits per heavy atom. The van der Waals surface area contributed by atoms with Crippen LogP contribution in [0.4, 0.5) is 0 Å². The highest BCUT2D eigenvalue weighted by molar-refractivity contribution is 5.80. The van der Waals surface area contributed by atoms with Crippen molar-refractivity contribution in [2.24, 2.45) is 11.1 Å². The van der Waals surface area contributed by atoms with Crippen LogP contribution in [-0.2, 0) is 4.79 Å². The molecule has 94 valence electrons. The Kier molecular flexibility index (Phi) is 5.86. The predicted molar refractivity (Wildman–Crippen MR) is 68.1 cm³/mol. The Hall–Kier alpha value is -0.530. The van der Waals surface area contributed by atoms with E-state index in [1.54, 1.807) is 0 Å². The third-order valence-corrected chi connectivity index (χ3v) is 4.09. The van der Waals surface area contributed by atoms with Gasteiger partial charge in [-0.15, -0.1) is 0 Å². The van der Waals surface area contributed by atoms with Crippen LogP contribution in [0.3, 0.4) is 0 Å². The quantitative estimate of drug-likeness (QED) is 0.542. The molecule has 0 aromatic heterocycles. The maximum atomic E-state index is 11.7. The lowest BCUT2D eigenvalue weighted by Gasteiger charge is -2.29. The Balaban J connectivity index is 2.46. The predicted octanol–water partition coefficient (Wildman–Crippen LogP) is 3.78. The van der Waals surface area contributed by atoms with Crippen LogP contribution >= 0.6 is 0 Å². The lowest BCUT2D eigenvalue weighted by molar-refractivity contribution is -0.129. The van der Waals surface area contributed by atoms with Crippen LogP contribution in [0.15, 0.2) is 0 Å². The molecule has 0 heterocycles. The fraction of sp³-hybridized carbons (Fsp3) is 0.929. The van der Waals surface area contributed by atoms with E-state index in [9.17, 15) is 4.79 Å². The number of primary amides is 1. The molecule has 1 rings (SSSR count). The fourth-order valence-corrected chi connectivity index (χ4v) is 2.92. The first-order chi connectivity index (χ1) is 7.71. The van der Waals surface area contributed by atoms with Gasteiger partial charge in [0, 0.05) is 5.41 Å². The molecule has 16 heavy (non-hydrogen) atoms. The minimum Gasteiger partial charge on any atom is -0.369 e. The van der Waals surface area contributed by atoms with Gasteiger partial charge in [0.1, 0.15) is 0 Å². The van der Waals surface area contributed by atoms with Crippen LogP contribution in [0.2, 0.25) is 0 Å². The van der Waals surface area contributed by atoms with Crippen LogP contribution in [0.1, 0.15) is 77.6 Å². The van der Waals surface area contributed by atoms with Crippen LogP contribution in [0.25, 0.3) is 0 Å². The van der Waals surface area contributed by atoms with E-state index < -0.39 is 0 Å². The normalized spacial score (nSPS) is 20.3. The Morgan fingerprint density at radius 3 is 2.19 bits per heavy atom. The molecular weight excluding hydrogens is 198 g/mol. The van der Waals surface area contributed by atoms with E-state index >= 15 is 0 Å². The third-order valence-electron chi connectivity index (χ3n) is 4.09. The molecule has 2 heteroatoms. The first kappa shape index (κ1) is 13.5. The monoisotopic (exact) mass is 225 g/mol. The van der Waals surface area contributed by atoms with Crippen molar-refractivity contribution < 1.29 is 4.79 Å². The number of amides is 1. The van der Waals surface area contributed by atoms with E-state index in [-0.39, 0.29) is 11.3 Å². The molecule has 1 saturated carbocycles. The molecule has 0 aliphatic heterocycles. The largest absolute Gasteiger partial charge is 0.369 e. The molecule has 0 atom stereocenters. The van der Waals surface area contributed by atoms with Gasteiger partial charge in [0.05, 0.1) is 0 Å². The average Bonchev–Trinajstić information content (AvgIpc) is 2.51. The molecule has 0 bridgehead atoms. The zero-order valence-corrected chi connectivity index (χ0v) is 10.8. The number of rotatable bonds is 6. The summed E-state index contributed by atoms with van der Waals surface area (Å²) in [7, 11) is 0. The first-order valence-corrected chi connectivity index (χ1v) is 7.01. The summed E-state index contributed by atoms with van der Waals surface area (Å²) in [4.78, 5) is 11.7. The molecule has 1 aliphatic rings. The van der Waals surface area contributed by atoms with E-state index in [0.717, 1.165) is 19.3 Å². The zero-order chi connectivity index (χ0) is 11.9. The van der Waals surface area contributed by atoms with Gasteiger partial charge in [-0.25, -0.2) is 0 Å². The van der Waals surface area contributed by atoms with Gasteiger partial charge in [0.25, 0.3) is 0 Å². The highest BCUT2D eigenvalue weighted by Crippen LogP contribution is 2.39. The number of nitrogens with two attached hydrogens (primary N) is 1. The van der Waals surface area contributed by atoms with Gasteiger partial charge in [-0.05, 0) is 19.3 Å². The maximum absolute atomic E-state index is 11.7. The van der Waals surface area contributed by atoms with Crippen molar-refractivity contribution in [1.29, 1.82) is 0 Å². The van der Waals surface area contributed by atoms with Crippen molar-refractivity contribution >= 4 is 5.91 Å². The molecule has 1 fully saturated rings. The minimum absolute atomic E-state index is 0.0362. The molecule has 2 nitrogen and oxygen atoms in total. The van der Waals surface area contributed by atoms with Gasteiger partial charge < -0.3 is 5.73 Å². The second-order valence-electron chi connectivity index (χ2n) is 5.37. The second kappa shape index (κ2) is 6.93. The molecule has 1 amide bonds. The van der Waals surface area contributed by atoms with Gasteiger partial charge in [0.15, 0.2) is 0 Å². The summed E-state index contributed by atoms with van der Waals surface area (Å²) in [5, 5.41) is 0. The standard InChI is InChI=1S/C14H27NO/c1-2-3-4-7-10-14(13(15)16)11-8-5-6-9-12-14/h2-12H2,1H3,(H2,15,16). The molecule has 0 spiro atoms. The second-order valence-corrected chi connectivity index (χ2v) is 5.37. The summed E-state index contributed by atoms with van der Waals surface area (Å²) in [5.41, 5.74) is 5.50. The van der Waals surface area contributed by atoms with Gasteiger partial charge in [-0.3, -0.25) is 4.79 Å². The Morgan fingerprint density at radius 1 is 1.06 bits per heavy atom. The fourth-order valence-electron chi connectivity index (χ4n) is 2.92. The molecule has 0 aromatic carbocycles. The smallest absolute Gasteiger partial charge is 0.223 e. The molecule has 2 N–H and O–H groups in total. The number of unbranched alkanes of at least 4 members (excludes halogenated alkanes) is 3. The van der Waals surface area contributed by atoms with E-state index in [0.29, 0.717) is 0 Å². The van der Waals surface area contributed by atoms with Gasteiger partial charge in [-0.2, -0.15) is 0 Å². The van der Waals surface area contributed by atoms with Crippen LogP contribution in [-0.4, -0.2) is 5.91 Å². The molecule has 0 unspecified atom stereocenters. The van der Waals surface area contributed by atoms with Crippen LogP contribution < -0.4 is 5.73 Å². The van der Waals surface area contributed by atoms with E-state index in [4.69, 9.17) is 5.73 Å². The lowest BCUT2D eigenvalue weighted by Crippen LogP contribution is -2.36. The summed E-state index contributed by atoms with van der Waals surface area (Å²) < 4.78 is 0. The van der Waals surface area contributed by atoms with Crippen molar-refractivity contribution in [3.8, 4) is 0 Å².